The summed E-state index contributed by atoms with van der Waals surface area (Å²) >= 11 is 3.28. The molecule has 22 heavy (non-hydrogen) atoms. The molecule has 0 atom stereocenters. The summed E-state index contributed by atoms with van der Waals surface area (Å²) in [5.41, 5.74) is 0.613. The molecule has 118 valence electrons. The molecule has 0 aliphatic rings. The van der Waals surface area contributed by atoms with E-state index in [1.54, 1.807) is 25.2 Å². The van der Waals surface area contributed by atoms with Crippen LogP contribution in [0.3, 0.4) is 0 Å². The van der Waals surface area contributed by atoms with Crippen LogP contribution in [0.4, 0.5) is 13.2 Å². The quantitative estimate of drug-likeness (QED) is 0.831. The van der Waals surface area contributed by atoms with Gasteiger partial charge < -0.3 is 5.11 Å². The molecule has 0 bridgehead atoms. The third-order valence-corrected chi connectivity index (χ3v) is 4.02. The second kappa shape index (κ2) is 6.71. The van der Waals surface area contributed by atoms with E-state index in [0.717, 1.165) is 17.7 Å². The van der Waals surface area contributed by atoms with Crippen LogP contribution in [0, 0.1) is 0 Å². The van der Waals surface area contributed by atoms with Crippen molar-refractivity contribution in [3.05, 3.63) is 63.6 Å². The Balaban J connectivity index is 2.15. The fourth-order valence-electron chi connectivity index (χ4n) is 2.15. The molecule has 1 N–H and O–H groups in total. The highest BCUT2D eigenvalue weighted by Crippen LogP contribution is 2.32. The highest BCUT2D eigenvalue weighted by atomic mass is 79.9. The van der Waals surface area contributed by atoms with Gasteiger partial charge in [-0.15, -0.1) is 0 Å². The van der Waals surface area contributed by atoms with E-state index in [-0.39, 0.29) is 5.75 Å². The predicted octanol–water partition coefficient (Wildman–Crippen LogP) is 4.81. The number of hydrogen-bond acceptors (Lipinski definition) is 2. The SMILES string of the molecule is CN(Cc1ccccc1O)Cc1cc(C(F)(F)F)ccc1Br. The van der Waals surface area contributed by atoms with Gasteiger partial charge in [0, 0.05) is 23.1 Å². The van der Waals surface area contributed by atoms with Crippen LogP contribution in [-0.2, 0) is 19.3 Å². The number of alkyl halides is 3. The van der Waals surface area contributed by atoms with Gasteiger partial charge in [0.1, 0.15) is 5.75 Å². The summed E-state index contributed by atoms with van der Waals surface area (Å²) in [6, 6.07) is 10.5. The van der Waals surface area contributed by atoms with Gasteiger partial charge in [0.05, 0.1) is 5.56 Å². The first-order chi connectivity index (χ1) is 10.3. The molecule has 0 radical (unpaired) electrons. The van der Waals surface area contributed by atoms with E-state index in [1.165, 1.54) is 6.07 Å². The number of para-hydroxylation sites is 1. The lowest BCUT2D eigenvalue weighted by Gasteiger charge is -2.19. The number of nitrogens with zero attached hydrogens (tertiary/aromatic N) is 1. The molecule has 0 aromatic heterocycles. The molecular weight excluding hydrogens is 359 g/mol. The van der Waals surface area contributed by atoms with Crippen molar-refractivity contribution in [2.75, 3.05) is 7.05 Å². The van der Waals surface area contributed by atoms with Crippen molar-refractivity contribution < 1.29 is 18.3 Å². The summed E-state index contributed by atoms with van der Waals surface area (Å²) in [4.78, 5) is 1.84. The Morgan fingerprint density at radius 2 is 1.68 bits per heavy atom. The van der Waals surface area contributed by atoms with Gasteiger partial charge in [0.15, 0.2) is 0 Å². The lowest BCUT2D eigenvalue weighted by molar-refractivity contribution is -0.137. The first kappa shape index (κ1) is 16.8. The number of rotatable bonds is 4. The number of hydrogen-bond donors (Lipinski definition) is 1. The maximum absolute atomic E-state index is 12.8. The van der Waals surface area contributed by atoms with Crippen LogP contribution in [0.5, 0.6) is 5.75 Å². The van der Waals surface area contributed by atoms with E-state index in [9.17, 15) is 18.3 Å². The van der Waals surface area contributed by atoms with Crippen LogP contribution < -0.4 is 0 Å². The third kappa shape index (κ3) is 4.24. The second-order valence-corrected chi connectivity index (χ2v) is 5.96. The number of phenolic OH excluding ortho intramolecular Hbond substituents is 1. The summed E-state index contributed by atoms with van der Waals surface area (Å²) < 4.78 is 39.0. The minimum Gasteiger partial charge on any atom is -0.508 e. The molecule has 2 aromatic rings. The van der Waals surface area contributed by atoms with Crippen molar-refractivity contribution in [3.63, 3.8) is 0 Å². The van der Waals surface area contributed by atoms with E-state index >= 15 is 0 Å². The summed E-state index contributed by atoms with van der Waals surface area (Å²) in [6.45, 7) is 0.772. The monoisotopic (exact) mass is 373 g/mol. The lowest BCUT2D eigenvalue weighted by Crippen LogP contribution is -2.18. The largest absolute Gasteiger partial charge is 0.508 e. The Hall–Kier alpha value is -1.53. The van der Waals surface area contributed by atoms with Crippen LogP contribution in [0.25, 0.3) is 0 Å². The van der Waals surface area contributed by atoms with E-state index < -0.39 is 11.7 Å². The van der Waals surface area contributed by atoms with Crippen LogP contribution in [0.15, 0.2) is 46.9 Å². The molecule has 0 amide bonds. The van der Waals surface area contributed by atoms with Crippen LogP contribution in [-0.4, -0.2) is 17.1 Å². The molecular formula is C16H15BrF3NO. The average molecular weight is 374 g/mol. The molecule has 0 aliphatic carbocycles. The standard InChI is InChI=1S/C16H15BrF3NO/c1-21(9-11-4-2-3-5-15(11)22)10-12-8-13(16(18,19)20)6-7-14(12)17/h2-8,22H,9-10H2,1H3. The van der Waals surface area contributed by atoms with Crippen LogP contribution in [0.1, 0.15) is 16.7 Å². The van der Waals surface area contributed by atoms with Gasteiger partial charge in [-0.1, -0.05) is 34.1 Å². The maximum Gasteiger partial charge on any atom is 0.416 e. The van der Waals surface area contributed by atoms with Crippen molar-refractivity contribution >= 4 is 15.9 Å². The zero-order valence-electron chi connectivity index (χ0n) is 11.9. The predicted molar refractivity (Wildman–Crippen MR) is 82.4 cm³/mol. The first-order valence-corrected chi connectivity index (χ1v) is 7.37. The molecule has 0 unspecified atom stereocenters. The Morgan fingerprint density at radius 1 is 1.05 bits per heavy atom. The molecule has 6 heteroatoms. The van der Waals surface area contributed by atoms with Gasteiger partial charge in [0.2, 0.25) is 0 Å². The van der Waals surface area contributed by atoms with E-state index in [0.29, 0.717) is 23.1 Å². The van der Waals surface area contributed by atoms with Gasteiger partial charge in [-0.2, -0.15) is 13.2 Å². The Morgan fingerprint density at radius 3 is 2.32 bits per heavy atom. The molecule has 0 spiro atoms. The normalized spacial score (nSPS) is 11.9. The topological polar surface area (TPSA) is 23.5 Å². The van der Waals surface area contributed by atoms with Crippen molar-refractivity contribution in [2.45, 2.75) is 19.3 Å². The summed E-state index contributed by atoms with van der Waals surface area (Å²) in [6.07, 6.45) is -4.36. The molecule has 0 fully saturated rings. The number of halogens is 4. The van der Waals surface area contributed by atoms with Gasteiger partial charge >= 0.3 is 6.18 Å². The number of aromatic hydroxyl groups is 1. The highest BCUT2D eigenvalue weighted by molar-refractivity contribution is 9.10. The molecule has 0 saturated heterocycles. The Labute approximate surface area is 135 Å². The average Bonchev–Trinajstić information content (AvgIpc) is 2.42. The second-order valence-electron chi connectivity index (χ2n) is 5.10. The maximum atomic E-state index is 12.8. The van der Waals surface area contributed by atoms with Crippen molar-refractivity contribution in [1.82, 2.24) is 4.90 Å². The molecule has 2 nitrogen and oxygen atoms in total. The Bertz CT molecular complexity index is 658. The molecule has 2 aromatic carbocycles. The van der Waals surface area contributed by atoms with Crippen molar-refractivity contribution in [1.29, 1.82) is 0 Å². The van der Waals surface area contributed by atoms with Crippen molar-refractivity contribution in [2.24, 2.45) is 0 Å². The van der Waals surface area contributed by atoms with Crippen LogP contribution in [0.2, 0.25) is 0 Å². The first-order valence-electron chi connectivity index (χ1n) is 6.58. The molecule has 0 saturated carbocycles. The molecule has 2 rings (SSSR count). The summed E-state index contributed by atoms with van der Waals surface area (Å²) in [5, 5.41) is 9.75. The minimum absolute atomic E-state index is 0.178. The van der Waals surface area contributed by atoms with Gasteiger partial charge in [-0.3, -0.25) is 4.90 Å². The summed E-state index contributed by atoms with van der Waals surface area (Å²) in [7, 11) is 1.79. The zero-order chi connectivity index (χ0) is 16.3. The molecule has 0 aliphatic heterocycles. The number of benzene rings is 2. The lowest BCUT2D eigenvalue weighted by atomic mass is 10.1. The van der Waals surface area contributed by atoms with E-state index in [4.69, 9.17) is 0 Å². The fraction of sp³-hybridized carbons (Fsp3) is 0.250. The smallest absolute Gasteiger partial charge is 0.416 e. The van der Waals surface area contributed by atoms with Crippen LogP contribution >= 0.6 is 15.9 Å². The van der Waals surface area contributed by atoms with Gasteiger partial charge in [-0.05, 0) is 36.9 Å². The third-order valence-electron chi connectivity index (χ3n) is 3.25. The van der Waals surface area contributed by atoms with Crippen molar-refractivity contribution in [3.8, 4) is 5.75 Å². The Kier molecular flexibility index (Phi) is 5.13. The zero-order valence-corrected chi connectivity index (χ0v) is 13.4. The highest BCUT2D eigenvalue weighted by Gasteiger charge is 2.30. The summed E-state index contributed by atoms with van der Waals surface area (Å²) in [5.74, 6) is 0.178. The van der Waals surface area contributed by atoms with Gasteiger partial charge in [-0.25, -0.2) is 0 Å². The minimum atomic E-state index is -4.36. The van der Waals surface area contributed by atoms with Gasteiger partial charge in [0.25, 0.3) is 0 Å². The number of phenols is 1. The fourth-order valence-corrected chi connectivity index (χ4v) is 2.53. The molecule has 0 heterocycles. The van der Waals surface area contributed by atoms with E-state index in [2.05, 4.69) is 15.9 Å². The van der Waals surface area contributed by atoms with E-state index in [1.807, 2.05) is 11.0 Å².